The van der Waals surface area contributed by atoms with Crippen molar-refractivity contribution in [3.05, 3.63) is 0 Å². The van der Waals surface area contributed by atoms with Gasteiger partial charge in [0.15, 0.2) is 0 Å². The van der Waals surface area contributed by atoms with Crippen molar-refractivity contribution in [1.82, 2.24) is 0 Å². The third-order valence-corrected chi connectivity index (χ3v) is 1.36. The van der Waals surface area contributed by atoms with Crippen molar-refractivity contribution in [3.63, 3.8) is 0 Å². The minimum atomic E-state index is -1.43. The lowest BCUT2D eigenvalue weighted by molar-refractivity contribution is -0.334. The molecule has 8 heavy (non-hydrogen) atoms. The minimum absolute atomic E-state index is 0.354. The highest BCUT2D eigenvalue weighted by Crippen LogP contribution is 2.37. The Hall–Kier alpha value is -0.0951. The van der Waals surface area contributed by atoms with E-state index in [1.165, 1.54) is 0 Å². The Morgan fingerprint density at radius 1 is 1.62 bits per heavy atom. The molecule has 0 saturated carbocycles. The number of hydrogen-bond donors (Lipinski definition) is 1. The molecule has 3 aliphatic rings. The van der Waals surface area contributed by atoms with Crippen LogP contribution in [0.5, 0.6) is 0 Å². The van der Waals surface area contributed by atoms with Crippen LogP contribution >= 0.6 is 0 Å². The lowest BCUT2D eigenvalue weighted by Crippen LogP contribution is -2.51. The van der Waals surface area contributed by atoms with E-state index in [-0.39, 0.29) is 6.10 Å². The van der Waals surface area contributed by atoms with E-state index in [2.05, 4.69) is 9.31 Å². The summed E-state index contributed by atoms with van der Waals surface area (Å²) in [5.41, 5.74) is 0. The molecule has 5 heteroatoms. The molecule has 0 aromatic rings. The summed E-state index contributed by atoms with van der Waals surface area (Å²) in [6, 6.07) is 0. The Morgan fingerprint density at radius 2 is 2.25 bits per heavy atom. The third-order valence-electron chi connectivity index (χ3n) is 1.36. The summed E-state index contributed by atoms with van der Waals surface area (Å²) in [4.78, 5) is 0. The number of rotatable bonds is 0. The highest BCUT2D eigenvalue weighted by atomic mass is 17.0. The summed E-state index contributed by atoms with van der Waals surface area (Å²) in [6.45, 7) is 1.69. The second kappa shape index (κ2) is 1.08. The molecule has 0 radical (unpaired) electrons. The highest BCUT2D eigenvalue weighted by molar-refractivity contribution is 6.40. The Bertz CT molecular complexity index is 118. The monoisotopic (exact) mass is 116 g/mol. The molecule has 44 valence electrons. The van der Waals surface area contributed by atoms with Crippen LogP contribution in [0.25, 0.3) is 0 Å². The molecule has 1 atom stereocenters. The predicted molar refractivity (Wildman–Crippen MR) is 23.4 cm³/mol. The summed E-state index contributed by atoms with van der Waals surface area (Å²) in [5, 5.41) is 8.96. The van der Waals surface area contributed by atoms with E-state index in [0.717, 1.165) is 0 Å². The molecule has 3 rings (SSSR count). The fourth-order valence-electron chi connectivity index (χ4n) is 0.784. The Labute approximate surface area is 46.5 Å². The van der Waals surface area contributed by atoms with Crippen LogP contribution in [-0.4, -0.2) is 24.5 Å². The maximum atomic E-state index is 8.96. The SMILES string of the molecule is CC1OB2OC1(O)O2. The molecular formula is C3H5BO4. The van der Waals surface area contributed by atoms with Crippen LogP contribution in [-0.2, 0) is 14.0 Å². The number of fused-ring (bicyclic) bond motifs is 1. The van der Waals surface area contributed by atoms with Gasteiger partial charge in [0.1, 0.15) is 6.10 Å². The first-order valence-electron chi connectivity index (χ1n) is 2.44. The van der Waals surface area contributed by atoms with E-state index < -0.39 is 13.3 Å². The molecule has 0 aromatic carbocycles. The molecule has 1 N–H and O–H groups in total. The summed E-state index contributed by atoms with van der Waals surface area (Å²) >= 11 is 0. The van der Waals surface area contributed by atoms with Crippen molar-refractivity contribution in [1.29, 1.82) is 0 Å². The van der Waals surface area contributed by atoms with E-state index in [0.29, 0.717) is 0 Å². The van der Waals surface area contributed by atoms with Gasteiger partial charge in [0.25, 0.3) is 5.97 Å². The topological polar surface area (TPSA) is 47.9 Å². The molecule has 3 fully saturated rings. The van der Waals surface area contributed by atoms with E-state index in [1.807, 2.05) is 0 Å². The molecule has 3 heterocycles. The molecule has 0 amide bonds. The fourth-order valence-corrected chi connectivity index (χ4v) is 0.784. The average Bonchev–Trinajstić information content (AvgIpc) is 1.90. The zero-order valence-corrected chi connectivity index (χ0v) is 4.33. The quantitative estimate of drug-likeness (QED) is 0.416. The van der Waals surface area contributed by atoms with Gasteiger partial charge in [0, 0.05) is 0 Å². The standard InChI is InChI=1S/C3H5BO4/c1-2-3(5)7-4(6-2)8-3/h2,5H,1H3. The van der Waals surface area contributed by atoms with Gasteiger partial charge in [-0.25, -0.2) is 0 Å². The second-order valence-electron chi connectivity index (χ2n) is 1.93. The van der Waals surface area contributed by atoms with Crippen LogP contribution in [0.1, 0.15) is 6.92 Å². The zero-order chi connectivity index (χ0) is 5.78. The van der Waals surface area contributed by atoms with E-state index in [4.69, 9.17) is 9.76 Å². The molecule has 2 bridgehead atoms. The molecule has 1 unspecified atom stereocenters. The van der Waals surface area contributed by atoms with Crippen LogP contribution in [0, 0.1) is 0 Å². The number of aliphatic hydroxyl groups is 1. The van der Waals surface area contributed by atoms with Crippen molar-refractivity contribution in [2.24, 2.45) is 0 Å². The Kier molecular flexibility index (Phi) is 0.644. The molecule has 4 nitrogen and oxygen atoms in total. The van der Waals surface area contributed by atoms with Crippen molar-refractivity contribution in [2.45, 2.75) is 19.0 Å². The summed E-state index contributed by atoms with van der Waals surface area (Å²) in [6.07, 6.45) is -0.354. The summed E-state index contributed by atoms with van der Waals surface area (Å²) < 4.78 is 14.2. The fraction of sp³-hybridized carbons (Fsp3) is 1.00. The lowest BCUT2D eigenvalue weighted by atomic mass is 10.2. The molecule has 3 saturated heterocycles. The molecule has 0 aliphatic carbocycles. The van der Waals surface area contributed by atoms with Crippen LogP contribution in [0.2, 0.25) is 0 Å². The summed E-state index contributed by atoms with van der Waals surface area (Å²) in [5.74, 6) is -1.43. The molecule has 0 aromatic heterocycles. The smallest absolute Gasteiger partial charge is 0.375 e. The third kappa shape index (κ3) is 0.359. The largest absolute Gasteiger partial charge is 0.647 e. The van der Waals surface area contributed by atoms with Gasteiger partial charge < -0.3 is 19.1 Å². The van der Waals surface area contributed by atoms with Gasteiger partial charge in [-0.05, 0) is 6.92 Å². The minimum Gasteiger partial charge on any atom is -0.375 e. The molecular weight excluding hydrogens is 111 g/mol. The first-order valence-corrected chi connectivity index (χ1v) is 2.44. The maximum Gasteiger partial charge on any atom is 0.647 e. The van der Waals surface area contributed by atoms with Gasteiger partial charge in [-0.2, -0.15) is 0 Å². The normalized spacial score (nSPS) is 51.8. The van der Waals surface area contributed by atoms with E-state index in [9.17, 15) is 0 Å². The lowest BCUT2D eigenvalue weighted by Gasteiger charge is -2.29. The van der Waals surface area contributed by atoms with E-state index in [1.54, 1.807) is 6.92 Å². The van der Waals surface area contributed by atoms with Gasteiger partial charge in [-0.1, -0.05) is 0 Å². The van der Waals surface area contributed by atoms with Crippen LogP contribution in [0.3, 0.4) is 0 Å². The number of hydrogen-bond acceptors (Lipinski definition) is 4. The summed E-state index contributed by atoms with van der Waals surface area (Å²) in [7, 11) is -0.616. The van der Waals surface area contributed by atoms with Crippen molar-refractivity contribution < 1.29 is 19.1 Å². The van der Waals surface area contributed by atoms with Crippen molar-refractivity contribution in [2.75, 3.05) is 0 Å². The predicted octanol–water partition coefficient (Wildman–Crippen LogP) is -0.917. The Morgan fingerprint density at radius 3 is 2.38 bits per heavy atom. The van der Waals surface area contributed by atoms with Crippen LogP contribution in [0.4, 0.5) is 0 Å². The maximum absolute atomic E-state index is 8.96. The first-order chi connectivity index (χ1) is 3.71. The van der Waals surface area contributed by atoms with Crippen LogP contribution in [0.15, 0.2) is 0 Å². The molecule has 3 aliphatic heterocycles. The Balaban J connectivity index is 2.21. The van der Waals surface area contributed by atoms with Gasteiger partial charge >= 0.3 is 7.32 Å². The van der Waals surface area contributed by atoms with Gasteiger partial charge in [-0.3, -0.25) is 0 Å². The van der Waals surface area contributed by atoms with E-state index >= 15 is 0 Å². The van der Waals surface area contributed by atoms with Crippen molar-refractivity contribution in [3.8, 4) is 0 Å². The van der Waals surface area contributed by atoms with Gasteiger partial charge in [0.2, 0.25) is 0 Å². The second-order valence-corrected chi connectivity index (χ2v) is 1.93. The molecule has 0 spiro atoms. The first kappa shape index (κ1) is 4.75. The van der Waals surface area contributed by atoms with Gasteiger partial charge in [0.05, 0.1) is 0 Å². The van der Waals surface area contributed by atoms with Gasteiger partial charge in [-0.15, -0.1) is 0 Å². The van der Waals surface area contributed by atoms with Crippen LogP contribution < -0.4 is 0 Å². The zero-order valence-electron chi connectivity index (χ0n) is 4.33. The average molecular weight is 116 g/mol. The highest BCUT2D eigenvalue weighted by Gasteiger charge is 2.64. The van der Waals surface area contributed by atoms with Crippen molar-refractivity contribution >= 4 is 7.32 Å².